The van der Waals surface area contributed by atoms with Gasteiger partial charge in [0.15, 0.2) is 0 Å². The van der Waals surface area contributed by atoms with Crippen molar-refractivity contribution in [3.63, 3.8) is 0 Å². The first-order valence-corrected chi connectivity index (χ1v) is 10.7. The molecule has 2 aromatic rings. The van der Waals surface area contributed by atoms with Gasteiger partial charge in [0.05, 0.1) is 18.4 Å². The lowest BCUT2D eigenvalue weighted by atomic mass is 9.98. The smallest absolute Gasteiger partial charge is 0.256 e. The molecule has 0 saturated carbocycles. The predicted octanol–water partition coefficient (Wildman–Crippen LogP) is 4.28. The van der Waals surface area contributed by atoms with E-state index in [0.717, 1.165) is 60.5 Å². The van der Waals surface area contributed by atoms with E-state index in [1.165, 1.54) is 36.1 Å². The van der Waals surface area contributed by atoms with Crippen molar-refractivity contribution in [2.75, 3.05) is 33.1 Å². The number of benzene rings is 1. The summed E-state index contributed by atoms with van der Waals surface area (Å²) in [4.78, 5) is 18.6. The van der Waals surface area contributed by atoms with Gasteiger partial charge in [0.2, 0.25) is 0 Å². The van der Waals surface area contributed by atoms with Gasteiger partial charge in [-0.15, -0.1) is 0 Å². The summed E-state index contributed by atoms with van der Waals surface area (Å²) in [6.07, 6.45) is 10.3. The lowest BCUT2D eigenvalue weighted by Crippen LogP contribution is -2.13. The lowest BCUT2D eigenvalue weighted by molar-refractivity contribution is -0.110. The molecule has 0 saturated heterocycles. The maximum absolute atomic E-state index is 12.7. The summed E-state index contributed by atoms with van der Waals surface area (Å²) >= 11 is 0. The Morgan fingerprint density at radius 2 is 2.00 bits per heavy atom. The number of aryl methyl sites for hydroxylation is 1. The molecule has 1 aromatic heterocycles. The number of hydrogen-bond donors (Lipinski definition) is 2. The van der Waals surface area contributed by atoms with Crippen molar-refractivity contribution in [1.29, 1.82) is 0 Å². The highest BCUT2D eigenvalue weighted by atomic mass is 16.5. The van der Waals surface area contributed by atoms with Crippen LogP contribution in [-0.2, 0) is 24.1 Å². The number of aromatic amines is 1. The van der Waals surface area contributed by atoms with E-state index in [-0.39, 0.29) is 5.91 Å². The first-order valence-electron chi connectivity index (χ1n) is 10.7. The van der Waals surface area contributed by atoms with Crippen LogP contribution in [0.5, 0.6) is 5.75 Å². The molecule has 5 heteroatoms. The zero-order valence-corrected chi connectivity index (χ0v) is 17.7. The molecule has 0 fully saturated rings. The van der Waals surface area contributed by atoms with Gasteiger partial charge < -0.3 is 19.9 Å². The molecular formula is C24H31N3O2. The number of rotatable bonds is 6. The molecule has 4 rings (SSSR count). The van der Waals surface area contributed by atoms with Gasteiger partial charge in [0.25, 0.3) is 5.91 Å². The second-order valence-electron chi connectivity index (χ2n) is 8.37. The molecule has 154 valence electrons. The van der Waals surface area contributed by atoms with Crippen LogP contribution in [0.15, 0.2) is 18.2 Å². The van der Waals surface area contributed by atoms with Crippen LogP contribution in [-0.4, -0.2) is 43.5 Å². The molecule has 1 aliphatic carbocycles. The molecule has 0 spiro atoms. The van der Waals surface area contributed by atoms with Crippen molar-refractivity contribution in [3.8, 4) is 5.75 Å². The van der Waals surface area contributed by atoms with E-state index in [1.54, 1.807) is 7.11 Å². The number of carbonyl (C=O) groups is 1. The van der Waals surface area contributed by atoms with Crippen LogP contribution >= 0.6 is 0 Å². The monoisotopic (exact) mass is 393 g/mol. The molecule has 1 aromatic carbocycles. The number of fused-ring (bicyclic) bond motifs is 2. The third-order valence-electron chi connectivity index (χ3n) is 6.02. The van der Waals surface area contributed by atoms with Gasteiger partial charge in [-0.1, -0.05) is 6.42 Å². The molecule has 1 aliphatic heterocycles. The number of nitrogens with one attached hydrogen (secondary N) is 2. The van der Waals surface area contributed by atoms with Crippen LogP contribution in [0.25, 0.3) is 11.6 Å². The number of carbonyl (C=O) groups excluding carboxylic acids is 1. The number of ether oxygens (including phenoxy) is 1. The largest absolute Gasteiger partial charge is 0.497 e. The molecule has 29 heavy (non-hydrogen) atoms. The highest BCUT2D eigenvalue weighted by Gasteiger charge is 2.26. The number of aromatic nitrogens is 1. The first kappa shape index (κ1) is 19.8. The second-order valence-corrected chi connectivity index (χ2v) is 8.37. The summed E-state index contributed by atoms with van der Waals surface area (Å²) in [7, 11) is 5.88. The fourth-order valence-electron chi connectivity index (χ4n) is 4.52. The van der Waals surface area contributed by atoms with E-state index in [1.807, 2.05) is 18.2 Å². The molecule has 2 heterocycles. The zero-order valence-electron chi connectivity index (χ0n) is 17.7. The van der Waals surface area contributed by atoms with Crippen LogP contribution in [0.2, 0.25) is 0 Å². The average molecular weight is 394 g/mol. The van der Waals surface area contributed by atoms with Gasteiger partial charge in [-0.05, 0) is 88.5 Å². The maximum Gasteiger partial charge on any atom is 0.256 e. The molecule has 5 nitrogen and oxygen atoms in total. The number of H-pyrrole nitrogens is 1. The Bertz CT molecular complexity index is 940. The third kappa shape index (κ3) is 4.10. The Balaban J connectivity index is 1.72. The van der Waals surface area contributed by atoms with E-state index in [0.29, 0.717) is 0 Å². The maximum atomic E-state index is 12.7. The molecule has 2 aliphatic rings. The minimum Gasteiger partial charge on any atom is -0.497 e. The topological polar surface area (TPSA) is 57.4 Å². The van der Waals surface area contributed by atoms with E-state index in [4.69, 9.17) is 4.74 Å². The highest BCUT2D eigenvalue weighted by Crippen LogP contribution is 2.37. The summed E-state index contributed by atoms with van der Waals surface area (Å²) in [5.74, 6) is 0.707. The van der Waals surface area contributed by atoms with Gasteiger partial charge in [-0.3, -0.25) is 4.79 Å². The number of hydrogen-bond acceptors (Lipinski definition) is 3. The normalized spacial score (nSPS) is 17.2. The summed E-state index contributed by atoms with van der Waals surface area (Å²) in [6, 6.07) is 5.77. The van der Waals surface area contributed by atoms with Crippen molar-refractivity contribution >= 4 is 23.2 Å². The Morgan fingerprint density at radius 3 is 2.79 bits per heavy atom. The van der Waals surface area contributed by atoms with Gasteiger partial charge in [0.1, 0.15) is 5.75 Å². The number of nitrogens with zero attached hydrogens (tertiary/aromatic N) is 1. The fraction of sp³-hybridized carbons (Fsp3) is 0.458. The third-order valence-corrected chi connectivity index (χ3v) is 6.02. The van der Waals surface area contributed by atoms with Crippen molar-refractivity contribution in [1.82, 2.24) is 9.88 Å². The minimum atomic E-state index is -0.0442. The Hall–Kier alpha value is -2.53. The molecule has 0 atom stereocenters. The van der Waals surface area contributed by atoms with Crippen LogP contribution < -0.4 is 10.1 Å². The number of anilines is 1. The molecule has 2 N–H and O–H groups in total. The number of amides is 1. The highest BCUT2D eigenvalue weighted by molar-refractivity contribution is 6.35. The molecule has 0 bridgehead atoms. The van der Waals surface area contributed by atoms with Crippen LogP contribution in [0.3, 0.4) is 0 Å². The lowest BCUT2D eigenvalue weighted by Gasteiger charge is -2.11. The summed E-state index contributed by atoms with van der Waals surface area (Å²) in [5.41, 5.74) is 7.90. The van der Waals surface area contributed by atoms with Crippen LogP contribution in [0, 0.1) is 0 Å². The van der Waals surface area contributed by atoms with Gasteiger partial charge in [-0.25, -0.2) is 0 Å². The van der Waals surface area contributed by atoms with Crippen LogP contribution in [0.1, 0.15) is 53.8 Å². The Morgan fingerprint density at radius 1 is 1.17 bits per heavy atom. The van der Waals surface area contributed by atoms with E-state index >= 15 is 0 Å². The van der Waals surface area contributed by atoms with Crippen molar-refractivity contribution < 1.29 is 9.53 Å². The fourth-order valence-corrected chi connectivity index (χ4v) is 4.52. The van der Waals surface area contributed by atoms with Crippen molar-refractivity contribution in [3.05, 3.63) is 46.3 Å². The number of methoxy groups -OCH3 is 1. The quantitative estimate of drug-likeness (QED) is 0.569. The predicted molar refractivity (Wildman–Crippen MR) is 118 cm³/mol. The van der Waals surface area contributed by atoms with Gasteiger partial charge in [-0.2, -0.15) is 0 Å². The summed E-state index contributed by atoms with van der Waals surface area (Å²) in [5, 5.41) is 2.98. The van der Waals surface area contributed by atoms with Crippen LogP contribution in [0.4, 0.5) is 5.69 Å². The summed E-state index contributed by atoms with van der Waals surface area (Å²) < 4.78 is 5.30. The summed E-state index contributed by atoms with van der Waals surface area (Å²) in [6.45, 7) is 1.07. The minimum absolute atomic E-state index is 0.0442. The SMILES string of the molecule is COc1ccc2c(c1)NC(=O)C2=Cc1[nH]c2c(c1CCCN(C)C)CCCCC2. The van der Waals surface area contributed by atoms with E-state index < -0.39 is 0 Å². The van der Waals surface area contributed by atoms with Gasteiger partial charge in [0, 0.05) is 23.0 Å². The van der Waals surface area contributed by atoms with E-state index in [9.17, 15) is 4.79 Å². The molecule has 1 amide bonds. The standard InChI is InChI=1S/C24H31N3O2/c1-27(2)13-7-9-18-17-8-5-4-6-10-21(17)25-23(18)15-20-19-12-11-16(29-3)14-22(19)26-24(20)28/h11-12,14-15,25H,4-10,13H2,1-3H3,(H,26,28). The zero-order chi connectivity index (χ0) is 20.4. The van der Waals surface area contributed by atoms with Crippen molar-refractivity contribution in [2.45, 2.75) is 44.9 Å². The van der Waals surface area contributed by atoms with Gasteiger partial charge >= 0.3 is 0 Å². The molecular weight excluding hydrogens is 362 g/mol. The second kappa shape index (κ2) is 8.46. The molecule has 0 radical (unpaired) electrons. The van der Waals surface area contributed by atoms with Crippen molar-refractivity contribution in [2.24, 2.45) is 0 Å². The average Bonchev–Trinajstić information content (AvgIpc) is 3.07. The van der Waals surface area contributed by atoms with E-state index in [2.05, 4.69) is 35.4 Å². The Labute approximate surface area is 173 Å². The Kier molecular flexibility index (Phi) is 5.76. The molecule has 0 unspecified atom stereocenters. The first-order chi connectivity index (χ1) is 14.1.